The number of hydrogen-bond donors (Lipinski definition) is 0. The summed E-state index contributed by atoms with van der Waals surface area (Å²) in [7, 11) is 2.83. The zero-order chi connectivity index (χ0) is 10.7. The van der Waals surface area contributed by atoms with Crippen LogP contribution >= 0.6 is 0 Å². The molecule has 0 aliphatic heterocycles. The highest BCUT2D eigenvalue weighted by molar-refractivity contribution is 5.91. The number of carbonyl (C=O) groups is 1. The molecule has 5 heteroatoms. The van der Waals surface area contributed by atoms with Crippen molar-refractivity contribution in [2.75, 3.05) is 14.2 Å². The number of halogens is 1. The molecule has 0 saturated heterocycles. The summed E-state index contributed by atoms with van der Waals surface area (Å²) >= 11 is 0. The first-order valence-corrected chi connectivity index (χ1v) is 4.01. The highest BCUT2D eigenvalue weighted by Gasteiger charge is 2.13. The summed E-state index contributed by atoms with van der Waals surface area (Å²) in [6, 6.07) is 2.53. The van der Waals surface area contributed by atoms with Gasteiger partial charge in [-0.1, -0.05) is 0 Å². The van der Waals surface area contributed by atoms with Gasteiger partial charge in [-0.15, -0.1) is 0 Å². The Labute approximate surface area is 81.3 Å². The lowest BCUT2D eigenvalue weighted by Crippen LogP contribution is -2.26. The third kappa shape index (κ3) is 2.05. The second kappa shape index (κ2) is 4.15. The van der Waals surface area contributed by atoms with Crippen molar-refractivity contribution in [1.29, 1.82) is 0 Å². The van der Waals surface area contributed by atoms with Gasteiger partial charge in [-0.25, -0.2) is 14.4 Å². The van der Waals surface area contributed by atoms with Crippen LogP contribution in [0.3, 0.4) is 0 Å². The zero-order valence-electron chi connectivity index (χ0n) is 8.24. The molecule has 1 heterocycles. The smallest absolute Gasteiger partial charge is 0.274 e. The third-order valence-corrected chi connectivity index (χ3v) is 1.80. The van der Waals surface area contributed by atoms with Crippen molar-refractivity contribution >= 4 is 5.91 Å². The molecular formula is C9H11FN2O2. The lowest BCUT2D eigenvalue weighted by molar-refractivity contribution is -0.0760. The van der Waals surface area contributed by atoms with Crippen molar-refractivity contribution in [3.05, 3.63) is 29.3 Å². The van der Waals surface area contributed by atoms with Crippen molar-refractivity contribution in [3.8, 4) is 0 Å². The summed E-state index contributed by atoms with van der Waals surface area (Å²) in [5.74, 6) is -0.836. The maximum Gasteiger partial charge on any atom is 0.295 e. The lowest BCUT2D eigenvalue weighted by Gasteiger charge is -2.12. The van der Waals surface area contributed by atoms with Gasteiger partial charge >= 0.3 is 0 Å². The average Bonchev–Trinajstić information content (AvgIpc) is 2.20. The van der Waals surface area contributed by atoms with E-state index in [1.54, 1.807) is 0 Å². The number of pyridine rings is 1. The van der Waals surface area contributed by atoms with Crippen LogP contribution in [-0.4, -0.2) is 30.1 Å². The summed E-state index contributed by atoms with van der Waals surface area (Å²) in [5.41, 5.74) is 0.355. The topological polar surface area (TPSA) is 42.4 Å². The lowest BCUT2D eigenvalue weighted by atomic mass is 10.3. The standard InChI is InChI=1S/C9H11FN2O2/c1-6-7(10)4-5-8(11-6)9(13)12(2)14-3/h4-5H,1-3H3. The second-order valence-electron chi connectivity index (χ2n) is 2.75. The molecule has 0 N–H and O–H groups in total. The van der Waals surface area contributed by atoms with Crippen LogP contribution in [0.1, 0.15) is 16.2 Å². The molecule has 0 aliphatic carbocycles. The van der Waals surface area contributed by atoms with Crippen LogP contribution in [0, 0.1) is 12.7 Å². The van der Waals surface area contributed by atoms with Gasteiger partial charge in [0.25, 0.3) is 5.91 Å². The van der Waals surface area contributed by atoms with E-state index in [2.05, 4.69) is 9.82 Å². The number of aromatic nitrogens is 1. The van der Waals surface area contributed by atoms with E-state index in [1.807, 2.05) is 0 Å². The molecule has 76 valence electrons. The van der Waals surface area contributed by atoms with Crippen LogP contribution in [0.2, 0.25) is 0 Å². The SMILES string of the molecule is CON(C)C(=O)c1ccc(F)c(C)n1. The Morgan fingerprint density at radius 2 is 2.21 bits per heavy atom. The first kappa shape index (κ1) is 10.6. The predicted molar refractivity (Wildman–Crippen MR) is 48.0 cm³/mol. The van der Waals surface area contributed by atoms with Gasteiger partial charge in [-0.2, -0.15) is 0 Å². The molecule has 0 spiro atoms. The molecule has 0 aromatic carbocycles. The van der Waals surface area contributed by atoms with Gasteiger partial charge < -0.3 is 0 Å². The van der Waals surface area contributed by atoms with E-state index in [1.165, 1.54) is 33.2 Å². The van der Waals surface area contributed by atoms with Gasteiger partial charge in [0.1, 0.15) is 11.5 Å². The van der Waals surface area contributed by atoms with Crippen molar-refractivity contribution in [2.45, 2.75) is 6.92 Å². The average molecular weight is 198 g/mol. The van der Waals surface area contributed by atoms with Crippen molar-refractivity contribution < 1.29 is 14.0 Å². The van der Waals surface area contributed by atoms with Crippen LogP contribution in [0.25, 0.3) is 0 Å². The molecule has 14 heavy (non-hydrogen) atoms. The number of hydrogen-bond acceptors (Lipinski definition) is 3. The van der Waals surface area contributed by atoms with Gasteiger partial charge in [0.2, 0.25) is 0 Å². The first-order chi connectivity index (χ1) is 6.56. The van der Waals surface area contributed by atoms with Crippen LogP contribution in [0.5, 0.6) is 0 Å². The molecule has 0 fully saturated rings. The van der Waals surface area contributed by atoms with Gasteiger partial charge in [0.05, 0.1) is 12.8 Å². The number of amides is 1. The Kier molecular flexibility index (Phi) is 3.14. The summed E-state index contributed by atoms with van der Waals surface area (Å²) in [5, 5.41) is 1.03. The monoisotopic (exact) mass is 198 g/mol. The number of rotatable bonds is 2. The molecule has 4 nitrogen and oxygen atoms in total. The van der Waals surface area contributed by atoms with E-state index < -0.39 is 11.7 Å². The molecule has 1 rings (SSSR count). The minimum Gasteiger partial charge on any atom is -0.274 e. The Morgan fingerprint density at radius 1 is 1.57 bits per heavy atom. The highest BCUT2D eigenvalue weighted by atomic mass is 19.1. The van der Waals surface area contributed by atoms with E-state index in [0.717, 1.165) is 5.06 Å². The summed E-state index contributed by atoms with van der Waals surface area (Å²) in [6.45, 7) is 1.50. The quantitative estimate of drug-likeness (QED) is 0.670. The van der Waals surface area contributed by atoms with E-state index in [9.17, 15) is 9.18 Å². The summed E-state index contributed by atoms with van der Waals surface area (Å²) in [6.07, 6.45) is 0. The second-order valence-corrected chi connectivity index (χ2v) is 2.75. The minimum atomic E-state index is -0.429. The van der Waals surface area contributed by atoms with Crippen LogP contribution in [-0.2, 0) is 4.84 Å². The summed E-state index contributed by atoms with van der Waals surface area (Å²) in [4.78, 5) is 19.9. The van der Waals surface area contributed by atoms with E-state index in [0.29, 0.717) is 0 Å². The summed E-state index contributed by atoms with van der Waals surface area (Å²) < 4.78 is 12.8. The molecule has 0 bridgehead atoms. The van der Waals surface area contributed by atoms with Crippen molar-refractivity contribution in [3.63, 3.8) is 0 Å². The Morgan fingerprint density at radius 3 is 2.71 bits per heavy atom. The van der Waals surface area contributed by atoms with Gasteiger partial charge in [-0.05, 0) is 19.1 Å². The molecule has 0 unspecified atom stereocenters. The number of hydroxylamine groups is 2. The number of carbonyl (C=O) groups excluding carboxylic acids is 1. The highest BCUT2D eigenvalue weighted by Crippen LogP contribution is 2.06. The van der Waals surface area contributed by atoms with Crippen LogP contribution in [0.4, 0.5) is 4.39 Å². The maximum absolute atomic E-state index is 12.8. The van der Waals surface area contributed by atoms with E-state index in [4.69, 9.17) is 0 Å². The zero-order valence-corrected chi connectivity index (χ0v) is 8.24. The molecular weight excluding hydrogens is 187 g/mol. The van der Waals surface area contributed by atoms with Crippen LogP contribution in [0.15, 0.2) is 12.1 Å². The molecule has 1 aromatic rings. The normalized spacial score (nSPS) is 10.0. The fourth-order valence-corrected chi connectivity index (χ4v) is 0.907. The minimum absolute atomic E-state index is 0.160. The predicted octanol–water partition coefficient (Wildman–Crippen LogP) is 1.16. The molecule has 1 aromatic heterocycles. The van der Waals surface area contributed by atoms with Gasteiger partial charge in [0, 0.05) is 7.05 Å². The van der Waals surface area contributed by atoms with Gasteiger partial charge in [-0.3, -0.25) is 9.63 Å². The molecule has 0 saturated carbocycles. The molecule has 0 radical (unpaired) electrons. The Hall–Kier alpha value is -1.49. The number of aryl methyl sites for hydroxylation is 1. The fraction of sp³-hybridized carbons (Fsp3) is 0.333. The maximum atomic E-state index is 12.8. The molecule has 1 amide bonds. The Balaban J connectivity index is 2.97. The molecule has 0 atom stereocenters. The fourth-order valence-electron chi connectivity index (χ4n) is 0.907. The van der Waals surface area contributed by atoms with Crippen LogP contribution < -0.4 is 0 Å². The Bertz CT molecular complexity index is 355. The van der Waals surface area contributed by atoms with Crippen molar-refractivity contribution in [2.24, 2.45) is 0 Å². The van der Waals surface area contributed by atoms with E-state index in [-0.39, 0.29) is 11.4 Å². The first-order valence-electron chi connectivity index (χ1n) is 4.01. The third-order valence-electron chi connectivity index (χ3n) is 1.80. The van der Waals surface area contributed by atoms with Gasteiger partial charge in [0.15, 0.2) is 0 Å². The van der Waals surface area contributed by atoms with E-state index >= 15 is 0 Å². The number of nitrogens with zero attached hydrogens (tertiary/aromatic N) is 2. The van der Waals surface area contributed by atoms with Crippen molar-refractivity contribution in [1.82, 2.24) is 10.0 Å². The molecule has 0 aliphatic rings. The largest absolute Gasteiger partial charge is 0.295 e.